The minimum absolute atomic E-state index is 0.176. The fourth-order valence-corrected chi connectivity index (χ4v) is 3.32. The zero-order chi connectivity index (χ0) is 20.2. The summed E-state index contributed by atoms with van der Waals surface area (Å²) < 4.78 is 5.54. The van der Waals surface area contributed by atoms with E-state index >= 15 is 0 Å². The van der Waals surface area contributed by atoms with Gasteiger partial charge < -0.3 is 14.3 Å². The van der Waals surface area contributed by atoms with Crippen molar-refractivity contribution in [3.63, 3.8) is 0 Å². The average Bonchev–Trinajstić information content (AvgIpc) is 3.27. The zero-order valence-corrected chi connectivity index (χ0v) is 16.0. The third kappa shape index (κ3) is 4.04. The monoisotopic (exact) mass is 384 g/mol. The summed E-state index contributed by atoms with van der Waals surface area (Å²) >= 11 is 0. The molecule has 1 N–H and O–H groups in total. The maximum absolute atomic E-state index is 13.0. The van der Waals surface area contributed by atoms with Gasteiger partial charge in [-0.05, 0) is 29.3 Å². The van der Waals surface area contributed by atoms with E-state index in [9.17, 15) is 9.59 Å². The van der Waals surface area contributed by atoms with Gasteiger partial charge in [0.2, 0.25) is 11.5 Å². The van der Waals surface area contributed by atoms with Crippen molar-refractivity contribution in [3.8, 4) is 0 Å². The number of likely N-dealkylation sites (N-methyl/N-ethyl adjacent to an activating group) is 1. The summed E-state index contributed by atoms with van der Waals surface area (Å²) in [6.07, 6.45) is 3.16. The normalized spacial score (nSPS) is 11.6. The van der Waals surface area contributed by atoms with Gasteiger partial charge in [-0.3, -0.25) is 9.59 Å². The highest BCUT2D eigenvalue weighted by Gasteiger charge is 2.14. The predicted molar refractivity (Wildman–Crippen MR) is 113 cm³/mol. The molecule has 0 saturated heterocycles. The molecule has 0 atom stereocenters. The van der Waals surface area contributed by atoms with Gasteiger partial charge in [0.15, 0.2) is 0 Å². The summed E-state index contributed by atoms with van der Waals surface area (Å²) in [6, 6.07) is 22.4. The molecule has 2 heterocycles. The number of aromatic nitrogens is 1. The Morgan fingerprint density at radius 2 is 1.79 bits per heavy atom. The number of fused-ring (bicyclic) bond motifs is 1. The average molecular weight is 384 g/mol. The second-order valence-corrected chi connectivity index (χ2v) is 6.80. The summed E-state index contributed by atoms with van der Waals surface area (Å²) in [5, 5.41) is 0.921. The zero-order valence-electron chi connectivity index (χ0n) is 16.0. The Morgan fingerprint density at radius 1 is 1.03 bits per heavy atom. The van der Waals surface area contributed by atoms with Crippen LogP contribution < -0.4 is 5.56 Å². The number of carbonyl (C=O) groups excluding carboxylic acids is 1. The molecule has 2 aromatic carbocycles. The number of nitrogens with zero attached hydrogens (tertiary/aromatic N) is 1. The number of nitrogens with one attached hydrogen (secondary N) is 1. The molecular weight excluding hydrogens is 364 g/mol. The van der Waals surface area contributed by atoms with E-state index in [1.54, 1.807) is 36.4 Å². The lowest BCUT2D eigenvalue weighted by Crippen LogP contribution is -2.25. The van der Waals surface area contributed by atoms with Crippen molar-refractivity contribution >= 4 is 22.4 Å². The van der Waals surface area contributed by atoms with Crippen LogP contribution in [-0.2, 0) is 11.3 Å². The number of para-hydroxylation sites is 1. The number of carbonyl (C=O) groups is 1. The number of amides is 1. The molecule has 5 nitrogen and oxygen atoms in total. The van der Waals surface area contributed by atoms with E-state index in [0.29, 0.717) is 17.9 Å². The molecule has 29 heavy (non-hydrogen) atoms. The maximum Gasteiger partial charge on any atom is 0.248 e. The molecule has 0 aliphatic heterocycles. The van der Waals surface area contributed by atoms with E-state index in [1.165, 1.54) is 0 Å². The maximum atomic E-state index is 13.0. The van der Waals surface area contributed by atoms with E-state index in [0.717, 1.165) is 22.0 Å². The first-order valence-corrected chi connectivity index (χ1v) is 9.29. The molecule has 144 valence electrons. The molecule has 4 rings (SSSR count). The van der Waals surface area contributed by atoms with Gasteiger partial charge in [0.1, 0.15) is 5.76 Å². The summed E-state index contributed by atoms with van der Waals surface area (Å²) in [4.78, 5) is 29.4. The third-order valence-corrected chi connectivity index (χ3v) is 4.76. The number of rotatable bonds is 5. The number of benzene rings is 2. The van der Waals surface area contributed by atoms with Crippen LogP contribution in [0.5, 0.6) is 0 Å². The van der Waals surface area contributed by atoms with Crippen molar-refractivity contribution in [2.45, 2.75) is 6.54 Å². The first kappa shape index (κ1) is 18.5. The topological polar surface area (TPSA) is 66.3 Å². The van der Waals surface area contributed by atoms with E-state index in [1.807, 2.05) is 60.7 Å². The molecule has 0 saturated carbocycles. The molecular formula is C24H20N2O3. The van der Waals surface area contributed by atoms with Crippen LogP contribution in [0.4, 0.5) is 0 Å². The van der Waals surface area contributed by atoms with E-state index in [4.69, 9.17) is 4.42 Å². The molecule has 5 heteroatoms. The van der Waals surface area contributed by atoms with Crippen molar-refractivity contribution in [3.05, 3.63) is 112 Å². The number of hydrogen-bond donors (Lipinski definition) is 1. The fraction of sp³-hybridized carbons (Fsp3) is 0.0833. The van der Waals surface area contributed by atoms with Crippen molar-refractivity contribution in [1.82, 2.24) is 9.88 Å². The van der Waals surface area contributed by atoms with Crippen LogP contribution in [-0.4, -0.2) is 22.8 Å². The Hall–Kier alpha value is -3.86. The summed E-state index contributed by atoms with van der Waals surface area (Å²) in [5.74, 6) is 0.448. The van der Waals surface area contributed by atoms with Gasteiger partial charge in [-0.2, -0.15) is 0 Å². The summed E-state index contributed by atoms with van der Waals surface area (Å²) in [7, 11) is 1.72. The number of pyridine rings is 1. The lowest BCUT2D eigenvalue weighted by Gasteiger charge is -2.17. The van der Waals surface area contributed by atoms with Crippen LogP contribution in [0.1, 0.15) is 16.9 Å². The quantitative estimate of drug-likeness (QED) is 0.524. The number of furan rings is 1. The van der Waals surface area contributed by atoms with Crippen molar-refractivity contribution < 1.29 is 9.21 Å². The summed E-state index contributed by atoms with van der Waals surface area (Å²) in [6.45, 7) is 0.319. The third-order valence-electron chi connectivity index (χ3n) is 4.76. The molecule has 0 aliphatic carbocycles. The highest BCUT2D eigenvalue weighted by Crippen LogP contribution is 2.24. The Kier molecular flexibility index (Phi) is 5.12. The molecule has 0 fully saturated rings. The Morgan fingerprint density at radius 3 is 2.55 bits per heavy atom. The lowest BCUT2D eigenvalue weighted by molar-refractivity contribution is -0.125. The van der Waals surface area contributed by atoms with Gasteiger partial charge >= 0.3 is 0 Å². The lowest BCUT2D eigenvalue weighted by atomic mass is 10.0. The van der Waals surface area contributed by atoms with Crippen LogP contribution in [0.3, 0.4) is 0 Å². The number of hydrogen-bond acceptors (Lipinski definition) is 3. The Balaban J connectivity index is 1.66. The molecule has 0 bridgehead atoms. The smallest absolute Gasteiger partial charge is 0.248 e. The number of H-pyrrole nitrogens is 1. The first-order chi connectivity index (χ1) is 14.1. The SMILES string of the molecule is CN(Cc1cc(=O)[nH]c2ccccc12)C(=O)C=C(c1ccccc1)c1ccco1. The largest absolute Gasteiger partial charge is 0.464 e. The van der Waals surface area contributed by atoms with Crippen LogP contribution in [0.25, 0.3) is 16.5 Å². The standard InChI is InChI=1S/C24H20N2O3/c1-26(16-18-14-23(27)25-21-11-6-5-10-19(18)21)24(28)15-20(22-12-7-13-29-22)17-8-3-2-4-9-17/h2-15H,16H2,1H3,(H,25,27). The predicted octanol–water partition coefficient (Wildman–Crippen LogP) is 4.21. The van der Waals surface area contributed by atoms with Crippen LogP contribution >= 0.6 is 0 Å². The number of aromatic amines is 1. The van der Waals surface area contributed by atoms with E-state index in [-0.39, 0.29) is 11.5 Å². The Bertz CT molecular complexity index is 1220. The van der Waals surface area contributed by atoms with Crippen molar-refractivity contribution in [2.75, 3.05) is 7.05 Å². The van der Waals surface area contributed by atoms with Gasteiger partial charge in [0.05, 0.1) is 6.26 Å². The molecule has 0 aliphatic rings. The first-order valence-electron chi connectivity index (χ1n) is 9.29. The molecule has 1 amide bonds. The fourth-order valence-electron chi connectivity index (χ4n) is 3.32. The van der Waals surface area contributed by atoms with Crippen LogP contribution in [0, 0.1) is 0 Å². The van der Waals surface area contributed by atoms with Crippen LogP contribution in [0.2, 0.25) is 0 Å². The second-order valence-electron chi connectivity index (χ2n) is 6.80. The van der Waals surface area contributed by atoms with E-state index < -0.39 is 0 Å². The van der Waals surface area contributed by atoms with Gasteiger partial charge in [0.25, 0.3) is 0 Å². The minimum atomic E-state index is -0.185. The molecule has 0 spiro atoms. The minimum Gasteiger partial charge on any atom is -0.464 e. The molecule has 0 radical (unpaired) electrons. The molecule has 4 aromatic rings. The van der Waals surface area contributed by atoms with Gasteiger partial charge in [-0.15, -0.1) is 0 Å². The van der Waals surface area contributed by atoms with Crippen molar-refractivity contribution in [2.24, 2.45) is 0 Å². The van der Waals surface area contributed by atoms with E-state index in [2.05, 4.69) is 4.98 Å². The molecule has 0 unspecified atom stereocenters. The summed E-state index contributed by atoms with van der Waals surface area (Å²) in [5.41, 5.74) is 2.98. The van der Waals surface area contributed by atoms with Gasteiger partial charge in [-0.25, -0.2) is 0 Å². The second kappa shape index (κ2) is 8.02. The highest BCUT2D eigenvalue weighted by atomic mass is 16.3. The highest BCUT2D eigenvalue weighted by molar-refractivity contribution is 5.98. The molecule has 2 aromatic heterocycles. The van der Waals surface area contributed by atoms with Gasteiger partial charge in [-0.1, -0.05) is 48.5 Å². The van der Waals surface area contributed by atoms with Crippen molar-refractivity contribution in [1.29, 1.82) is 0 Å². The van der Waals surface area contributed by atoms with Gasteiger partial charge in [0, 0.05) is 42.2 Å². The van der Waals surface area contributed by atoms with Crippen LogP contribution in [0.15, 0.2) is 94.3 Å². The Labute approximate surface area is 167 Å².